The standard InChI is InChI=1S/C15H21N3O3/c1-3-17(9-8-14(19)20)15(21)18-11-10-16(2)12-6-4-5-7-13(12)18/h4-7H,3,8-11H2,1-2H3,(H,19,20). The number of carbonyl (C=O) groups is 2. The summed E-state index contributed by atoms with van der Waals surface area (Å²) in [5.74, 6) is -0.889. The number of nitrogens with zero attached hydrogens (tertiary/aromatic N) is 3. The fraction of sp³-hybridized carbons (Fsp3) is 0.467. The highest BCUT2D eigenvalue weighted by atomic mass is 16.4. The van der Waals surface area contributed by atoms with Gasteiger partial charge in [-0.25, -0.2) is 4.79 Å². The number of carboxylic acid groups (broad SMARTS) is 1. The average Bonchev–Trinajstić information content (AvgIpc) is 2.48. The summed E-state index contributed by atoms with van der Waals surface area (Å²) in [6.07, 6.45) is -0.0328. The van der Waals surface area contributed by atoms with Crippen LogP contribution in [-0.2, 0) is 4.79 Å². The summed E-state index contributed by atoms with van der Waals surface area (Å²) in [7, 11) is 2.00. The smallest absolute Gasteiger partial charge is 0.324 e. The van der Waals surface area contributed by atoms with Crippen molar-refractivity contribution in [3.8, 4) is 0 Å². The second kappa shape index (κ2) is 6.47. The molecule has 0 aliphatic carbocycles. The highest BCUT2D eigenvalue weighted by molar-refractivity contribution is 5.96. The molecule has 6 nitrogen and oxygen atoms in total. The maximum Gasteiger partial charge on any atom is 0.324 e. The number of carboxylic acids is 1. The van der Waals surface area contributed by atoms with Crippen molar-refractivity contribution < 1.29 is 14.7 Å². The number of benzene rings is 1. The number of hydrogen-bond donors (Lipinski definition) is 1. The number of anilines is 2. The first-order valence-corrected chi connectivity index (χ1v) is 7.13. The van der Waals surface area contributed by atoms with Gasteiger partial charge in [0, 0.05) is 33.2 Å². The minimum atomic E-state index is -0.889. The Bertz CT molecular complexity index is 533. The molecule has 0 saturated carbocycles. The fourth-order valence-electron chi connectivity index (χ4n) is 2.50. The van der Waals surface area contributed by atoms with Crippen LogP contribution in [0.25, 0.3) is 0 Å². The van der Waals surface area contributed by atoms with Gasteiger partial charge < -0.3 is 14.9 Å². The molecule has 6 heteroatoms. The molecule has 1 heterocycles. The molecule has 114 valence electrons. The molecule has 1 aliphatic rings. The van der Waals surface area contributed by atoms with E-state index in [2.05, 4.69) is 4.90 Å². The molecule has 1 N–H and O–H groups in total. The summed E-state index contributed by atoms with van der Waals surface area (Å²) in [4.78, 5) is 28.8. The van der Waals surface area contributed by atoms with Crippen LogP contribution in [0.3, 0.4) is 0 Å². The largest absolute Gasteiger partial charge is 0.481 e. The van der Waals surface area contributed by atoms with Crippen molar-refractivity contribution in [2.75, 3.05) is 43.0 Å². The van der Waals surface area contributed by atoms with E-state index in [1.54, 1.807) is 9.80 Å². The molecule has 0 spiro atoms. The third kappa shape index (κ3) is 3.26. The number of carbonyl (C=O) groups excluding carboxylic acids is 1. The Balaban J connectivity index is 2.19. The quantitative estimate of drug-likeness (QED) is 0.919. The van der Waals surface area contributed by atoms with E-state index in [9.17, 15) is 9.59 Å². The maximum atomic E-state index is 12.7. The van der Waals surface area contributed by atoms with Gasteiger partial charge in [-0.1, -0.05) is 12.1 Å². The van der Waals surface area contributed by atoms with E-state index in [0.717, 1.165) is 17.9 Å². The minimum Gasteiger partial charge on any atom is -0.481 e. The van der Waals surface area contributed by atoms with Crippen molar-refractivity contribution in [2.24, 2.45) is 0 Å². The van der Waals surface area contributed by atoms with Crippen molar-refractivity contribution in [2.45, 2.75) is 13.3 Å². The molecule has 1 aromatic carbocycles. The summed E-state index contributed by atoms with van der Waals surface area (Å²) in [5.41, 5.74) is 1.90. The molecular formula is C15H21N3O3. The summed E-state index contributed by atoms with van der Waals surface area (Å²) >= 11 is 0. The Kier molecular flexibility index (Phi) is 4.67. The number of likely N-dealkylation sites (N-methyl/N-ethyl adjacent to an activating group) is 1. The lowest BCUT2D eigenvalue weighted by Crippen LogP contribution is -2.49. The minimum absolute atomic E-state index is 0.0328. The number of aliphatic carboxylic acids is 1. The molecule has 0 saturated heterocycles. The third-order valence-electron chi connectivity index (χ3n) is 3.72. The van der Waals surface area contributed by atoms with Gasteiger partial charge in [-0.3, -0.25) is 9.69 Å². The van der Waals surface area contributed by atoms with E-state index >= 15 is 0 Å². The van der Waals surface area contributed by atoms with Crippen LogP contribution in [-0.4, -0.2) is 55.2 Å². The Labute approximate surface area is 124 Å². The van der Waals surface area contributed by atoms with E-state index in [4.69, 9.17) is 5.11 Å². The lowest BCUT2D eigenvalue weighted by atomic mass is 10.2. The van der Waals surface area contributed by atoms with Crippen LogP contribution < -0.4 is 9.80 Å². The number of urea groups is 1. The molecule has 0 fully saturated rings. The molecule has 0 atom stereocenters. The van der Waals surface area contributed by atoms with Crippen LogP contribution >= 0.6 is 0 Å². The van der Waals surface area contributed by atoms with Crippen LogP contribution in [0.5, 0.6) is 0 Å². The topological polar surface area (TPSA) is 64.1 Å². The van der Waals surface area contributed by atoms with E-state index in [1.165, 1.54) is 0 Å². The molecule has 0 bridgehead atoms. The Morgan fingerprint density at radius 3 is 2.52 bits per heavy atom. The normalized spacial score (nSPS) is 13.8. The Hall–Kier alpha value is -2.24. The first kappa shape index (κ1) is 15.2. The monoisotopic (exact) mass is 291 g/mol. The molecule has 2 amide bonds. The number of hydrogen-bond acceptors (Lipinski definition) is 3. The van der Waals surface area contributed by atoms with Crippen molar-refractivity contribution in [1.82, 2.24) is 4.90 Å². The zero-order valence-electron chi connectivity index (χ0n) is 12.5. The van der Waals surface area contributed by atoms with Gasteiger partial charge in [0.1, 0.15) is 0 Å². The molecule has 21 heavy (non-hydrogen) atoms. The van der Waals surface area contributed by atoms with Gasteiger partial charge in [-0.15, -0.1) is 0 Å². The van der Waals surface area contributed by atoms with E-state index < -0.39 is 5.97 Å². The first-order valence-electron chi connectivity index (χ1n) is 7.13. The van der Waals surface area contributed by atoms with Crippen molar-refractivity contribution in [1.29, 1.82) is 0 Å². The highest BCUT2D eigenvalue weighted by Crippen LogP contribution is 2.32. The zero-order valence-corrected chi connectivity index (χ0v) is 12.5. The van der Waals surface area contributed by atoms with E-state index in [-0.39, 0.29) is 19.0 Å². The van der Waals surface area contributed by atoms with Gasteiger partial charge in [0.15, 0.2) is 0 Å². The number of rotatable bonds is 4. The van der Waals surface area contributed by atoms with Gasteiger partial charge >= 0.3 is 12.0 Å². The van der Waals surface area contributed by atoms with Gasteiger partial charge in [0.25, 0.3) is 0 Å². The van der Waals surface area contributed by atoms with Crippen LogP contribution in [0, 0.1) is 0 Å². The summed E-state index contributed by atoms with van der Waals surface area (Å²) in [6, 6.07) is 7.65. The second-order valence-corrected chi connectivity index (χ2v) is 5.07. The van der Waals surface area contributed by atoms with Crippen molar-refractivity contribution >= 4 is 23.4 Å². The van der Waals surface area contributed by atoms with Gasteiger partial charge in [-0.05, 0) is 19.1 Å². The maximum absolute atomic E-state index is 12.7. The molecule has 1 aromatic rings. The van der Waals surface area contributed by atoms with Crippen molar-refractivity contribution in [3.05, 3.63) is 24.3 Å². The van der Waals surface area contributed by atoms with E-state index in [1.807, 2.05) is 38.2 Å². The Morgan fingerprint density at radius 1 is 1.24 bits per heavy atom. The van der Waals surface area contributed by atoms with Gasteiger partial charge in [0.2, 0.25) is 0 Å². The molecule has 2 rings (SSSR count). The fourth-order valence-corrected chi connectivity index (χ4v) is 2.50. The Morgan fingerprint density at radius 2 is 1.90 bits per heavy atom. The second-order valence-electron chi connectivity index (χ2n) is 5.07. The molecule has 0 aromatic heterocycles. The summed E-state index contributed by atoms with van der Waals surface area (Å²) in [5, 5.41) is 8.78. The molecule has 0 unspecified atom stereocenters. The predicted molar refractivity (Wildman–Crippen MR) is 82.0 cm³/mol. The lowest BCUT2D eigenvalue weighted by Gasteiger charge is -2.38. The summed E-state index contributed by atoms with van der Waals surface area (Å²) in [6.45, 7) is 3.97. The van der Waals surface area contributed by atoms with Crippen LogP contribution in [0.15, 0.2) is 24.3 Å². The van der Waals surface area contributed by atoms with Crippen LogP contribution in [0.1, 0.15) is 13.3 Å². The highest BCUT2D eigenvalue weighted by Gasteiger charge is 2.27. The molecule has 1 aliphatic heterocycles. The predicted octanol–water partition coefficient (Wildman–Crippen LogP) is 1.86. The van der Waals surface area contributed by atoms with Crippen molar-refractivity contribution in [3.63, 3.8) is 0 Å². The lowest BCUT2D eigenvalue weighted by molar-refractivity contribution is -0.137. The SMILES string of the molecule is CCN(CCC(=O)O)C(=O)N1CCN(C)c2ccccc21. The first-order chi connectivity index (χ1) is 10.0. The van der Waals surface area contributed by atoms with Gasteiger partial charge in [0.05, 0.1) is 17.8 Å². The number of para-hydroxylation sites is 2. The van der Waals surface area contributed by atoms with Crippen LogP contribution in [0.2, 0.25) is 0 Å². The third-order valence-corrected chi connectivity index (χ3v) is 3.72. The zero-order chi connectivity index (χ0) is 15.4. The molecule has 0 radical (unpaired) electrons. The van der Waals surface area contributed by atoms with Crippen LogP contribution in [0.4, 0.5) is 16.2 Å². The average molecular weight is 291 g/mol. The molecular weight excluding hydrogens is 270 g/mol. The number of amides is 2. The van der Waals surface area contributed by atoms with Gasteiger partial charge in [-0.2, -0.15) is 0 Å². The summed E-state index contributed by atoms with van der Waals surface area (Å²) < 4.78 is 0. The number of fused-ring (bicyclic) bond motifs is 1. The van der Waals surface area contributed by atoms with E-state index in [0.29, 0.717) is 13.1 Å².